The average Bonchev–Trinajstić information content (AvgIpc) is 3.66. The highest BCUT2D eigenvalue weighted by molar-refractivity contribution is 7.51. The van der Waals surface area contributed by atoms with E-state index in [0.29, 0.717) is 27.4 Å². The van der Waals surface area contributed by atoms with Gasteiger partial charge in [0.2, 0.25) is 0 Å². The number of halogens is 1. The molecule has 42 heavy (non-hydrogen) atoms. The summed E-state index contributed by atoms with van der Waals surface area (Å²) in [5.41, 5.74) is 4.69. The van der Waals surface area contributed by atoms with Gasteiger partial charge in [0.1, 0.15) is 18.3 Å². The highest BCUT2D eigenvalue weighted by Gasteiger charge is 2.48. The molecule has 0 spiro atoms. The molecule has 2 aromatic heterocycles. The van der Waals surface area contributed by atoms with Gasteiger partial charge in [0, 0.05) is 17.7 Å². The third-order valence-corrected chi connectivity index (χ3v) is 8.39. The Morgan fingerprint density at radius 3 is 2.40 bits per heavy atom. The number of rotatable bonds is 9. The van der Waals surface area contributed by atoms with Crippen LogP contribution in [0.15, 0.2) is 54.6 Å². The first-order chi connectivity index (χ1) is 20.1. The molecule has 0 aliphatic carbocycles. The molecule has 14 heteroatoms. The van der Waals surface area contributed by atoms with Crippen LogP contribution < -0.4 is 10.1 Å². The van der Waals surface area contributed by atoms with Crippen LogP contribution in [0, 0.1) is 0 Å². The number of nitrogens with one attached hydrogen (secondary N) is 2. The van der Waals surface area contributed by atoms with E-state index in [1.165, 1.54) is 0 Å². The SMILES string of the molecule is O=C(NCCCP(=O)(O)O)c1ccc(-c2ccc(-c3nc4nc(OC5COC6C(O)CO[C@H]56)[nH]c4cc3Cl)cc2)cc1. The van der Waals surface area contributed by atoms with Crippen LogP contribution in [0.3, 0.4) is 0 Å². The number of ether oxygens (including phenoxy) is 3. The number of nitrogens with zero attached hydrogens (tertiary/aromatic N) is 2. The lowest BCUT2D eigenvalue weighted by atomic mass is 10.0. The lowest BCUT2D eigenvalue weighted by Crippen LogP contribution is -2.34. The number of hydrogen-bond acceptors (Lipinski definition) is 8. The van der Waals surface area contributed by atoms with E-state index in [4.69, 9.17) is 35.6 Å². The lowest BCUT2D eigenvalue weighted by Gasteiger charge is -2.15. The summed E-state index contributed by atoms with van der Waals surface area (Å²) in [4.78, 5) is 42.4. The van der Waals surface area contributed by atoms with Crippen LogP contribution in [0.25, 0.3) is 33.5 Å². The number of aliphatic hydroxyl groups is 1. The number of benzene rings is 2. The van der Waals surface area contributed by atoms with Gasteiger partial charge in [-0.15, -0.1) is 0 Å². The Labute approximate surface area is 245 Å². The van der Waals surface area contributed by atoms with E-state index < -0.39 is 25.9 Å². The summed E-state index contributed by atoms with van der Waals surface area (Å²) in [6.45, 7) is 0.675. The Hall–Kier alpha value is -3.35. The van der Waals surface area contributed by atoms with Crippen LogP contribution in [0.1, 0.15) is 16.8 Å². The quantitative estimate of drug-likeness (QED) is 0.139. The summed E-state index contributed by atoms with van der Waals surface area (Å²) >= 11 is 6.58. The summed E-state index contributed by atoms with van der Waals surface area (Å²) < 4.78 is 28.1. The van der Waals surface area contributed by atoms with Gasteiger partial charge in [-0.05, 0) is 35.7 Å². The number of amides is 1. The highest BCUT2D eigenvalue weighted by atomic mass is 35.5. The molecule has 2 aliphatic heterocycles. The maximum atomic E-state index is 12.3. The van der Waals surface area contributed by atoms with Crippen molar-refractivity contribution in [2.24, 2.45) is 0 Å². The predicted molar refractivity (Wildman–Crippen MR) is 154 cm³/mol. The fourth-order valence-electron chi connectivity index (χ4n) is 5.07. The van der Waals surface area contributed by atoms with Crippen molar-refractivity contribution in [3.05, 3.63) is 65.2 Å². The topological polar surface area (TPSA) is 176 Å². The van der Waals surface area contributed by atoms with Crippen LogP contribution in [-0.2, 0) is 14.0 Å². The normalized spacial score (nSPS) is 21.9. The Morgan fingerprint density at radius 1 is 1.02 bits per heavy atom. The zero-order valence-corrected chi connectivity index (χ0v) is 23.8. The Morgan fingerprint density at radius 2 is 1.69 bits per heavy atom. The lowest BCUT2D eigenvalue weighted by molar-refractivity contribution is 0.00706. The molecule has 4 aromatic rings. The number of H-pyrrole nitrogens is 1. The molecule has 220 valence electrons. The third-order valence-electron chi connectivity index (χ3n) is 7.20. The molecule has 2 saturated heterocycles. The van der Waals surface area contributed by atoms with E-state index in [9.17, 15) is 14.5 Å². The summed E-state index contributed by atoms with van der Waals surface area (Å²) in [5.74, 6) is -0.308. The maximum absolute atomic E-state index is 12.3. The molecule has 4 heterocycles. The molecule has 3 unspecified atom stereocenters. The van der Waals surface area contributed by atoms with Crippen LogP contribution in [0.4, 0.5) is 0 Å². The predicted octanol–water partition coefficient (Wildman–Crippen LogP) is 3.15. The molecular formula is C28H28ClN4O8P. The fraction of sp³-hybridized carbons (Fsp3) is 0.321. The average molecular weight is 615 g/mol. The van der Waals surface area contributed by atoms with Gasteiger partial charge in [0.15, 0.2) is 11.8 Å². The summed E-state index contributed by atoms with van der Waals surface area (Å²) in [7, 11) is -4.07. The molecule has 1 amide bonds. The van der Waals surface area contributed by atoms with E-state index >= 15 is 0 Å². The van der Waals surface area contributed by atoms with Crippen molar-refractivity contribution in [2.45, 2.75) is 30.8 Å². The number of hydrogen-bond donors (Lipinski definition) is 5. The van der Waals surface area contributed by atoms with Crippen molar-refractivity contribution in [3.8, 4) is 28.4 Å². The smallest absolute Gasteiger partial charge is 0.325 e. The van der Waals surface area contributed by atoms with Crippen LogP contribution in [0.5, 0.6) is 6.01 Å². The zero-order valence-electron chi connectivity index (χ0n) is 22.1. The minimum Gasteiger partial charge on any atom is -0.456 e. The minimum absolute atomic E-state index is 0.179. The van der Waals surface area contributed by atoms with Gasteiger partial charge in [-0.25, -0.2) is 4.98 Å². The van der Waals surface area contributed by atoms with Crippen molar-refractivity contribution >= 4 is 36.3 Å². The van der Waals surface area contributed by atoms with E-state index in [1.54, 1.807) is 18.2 Å². The number of carbonyl (C=O) groups is 1. The number of aromatic nitrogens is 3. The number of fused-ring (bicyclic) bond motifs is 2. The molecule has 0 bridgehead atoms. The second kappa shape index (κ2) is 11.7. The minimum atomic E-state index is -4.07. The third kappa shape index (κ3) is 6.20. The molecule has 6 rings (SSSR count). The molecule has 2 aliphatic rings. The van der Waals surface area contributed by atoms with E-state index in [2.05, 4.69) is 20.3 Å². The first-order valence-electron chi connectivity index (χ1n) is 13.3. The standard InChI is InChI=1S/C28H28ClN4O8P/c29-19-12-20-26(33-28(31-20)41-22-14-40-24-21(34)13-39-25(22)24)32-23(19)17-6-2-15(3-7-17)16-4-8-18(9-5-16)27(35)30-10-1-11-42(36,37)38/h2-9,12,21-22,24-25,34H,1,10-11,13-14H2,(H,30,35)(H,31,32,33)(H2,36,37,38)/t21?,22?,24?,25-/m1/s1. The van der Waals surface area contributed by atoms with E-state index in [1.807, 2.05) is 36.4 Å². The van der Waals surface area contributed by atoms with Crippen molar-refractivity contribution in [3.63, 3.8) is 0 Å². The van der Waals surface area contributed by atoms with E-state index in [-0.39, 0.29) is 50.4 Å². The first-order valence-corrected chi connectivity index (χ1v) is 15.5. The van der Waals surface area contributed by atoms with E-state index in [0.717, 1.165) is 16.7 Å². The maximum Gasteiger partial charge on any atom is 0.325 e. The molecule has 0 saturated carbocycles. The molecule has 2 fully saturated rings. The largest absolute Gasteiger partial charge is 0.456 e. The van der Waals surface area contributed by atoms with Crippen molar-refractivity contribution in [1.82, 2.24) is 20.3 Å². The van der Waals surface area contributed by atoms with Crippen LogP contribution >= 0.6 is 19.2 Å². The number of aliphatic hydroxyl groups excluding tert-OH is 1. The van der Waals surface area contributed by atoms with Gasteiger partial charge in [-0.3, -0.25) is 9.36 Å². The molecule has 4 atom stereocenters. The Balaban J connectivity index is 1.11. The van der Waals surface area contributed by atoms with Crippen molar-refractivity contribution < 1.29 is 38.5 Å². The molecule has 5 N–H and O–H groups in total. The summed E-state index contributed by atoms with van der Waals surface area (Å²) in [6, 6.07) is 16.7. The number of carbonyl (C=O) groups excluding carboxylic acids is 1. The van der Waals surface area contributed by atoms with Crippen LogP contribution in [-0.4, -0.2) is 86.1 Å². The second-order valence-corrected chi connectivity index (χ2v) is 12.4. The summed E-state index contributed by atoms with van der Waals surface area (Å²) in [6.07, 6.45) is -1.91. The number of aromatic amines is 1. The van der Waals surface area contributed by atoms with Gasteiger partial charge in [-0.1, -0.05) is 48.0 Å². The van der Waals surface area contributed by atoms with Gasteiger partial charge in [0.05, 0.1) is 35.6 Å². The molecular weight excluding hydrogens is 587 g/mol. The number of pyridine rings is 1. The van der Waals surface area contributed by atoms with Gasteiger partial charge < -0.3 is 39.4 Å². The fourth-order valence-corrected chi connectivity index (χ4v) is 5.90. The van der Waals surface area contributed by atoms with Gasteiger partial charge >= 0.3 is 7.60 Å². The van der Waals surface area contributed by atoms with Crippen LogP contribution in [0.2, 0.25) is 5.02 Å². The van der Waals surface area contributed by atoms with Crippen molar-refractivity contribution in [2.75, 3.05) is 25.9 Å². The van der Waals surface area contributed by atoms with Gasteiger partial charge in [0.25, 0.3) is 11.9 Å². The molecule has 0 radical (unpaired) electrons. The summed E-state index contributed by atoms with van der Waals surface area (Å²) in [5, 5.41) is 13.0. The Bertz CT molecular complexity index is 1640. The Kier molecular flexibility index (Phi) is 8.03. The highest BCUT2D eigenvalue weighted by Crippen LogP contribution is 2.35. The monoisotopic (exact) mass is 614 g/mol. The number of imidazole rings is 1. The van der Waals surface area contributed by atoms with Crippen molar-refractivity contribution in [1.29, 1.82) is 0 Å². The van der Waals surface area contributed by atoms with Gasteiger partial charge in [-0.2, -0.15) is 4.98 Å². The zero-order chi connectivity index (χ0) is 29.4. The molecule has 12 nitrogen and oxygen atoms in total. The first kappa shape index (κ1) is 28.8. The second-order valence-electron chi connectivity index (χ2n) is 10.2. The molecule has 2 aromatic carbocycles.